The van der Waals surface area contributed by atoms with Gasteiger partial charge in [-0.3, -0.25) is 0 Å². The summed E-state index contributed by atoms with van der Waals surface area (Å²) in [5.74, 6) is 8.88. The van der Waals surface area contributed by atoms with Crippen LogP contribution in [-0.2, 0) is 0 Å². The molecular formula is C15H26N6. The van der Waals surface area contributed by atoms with Crippen LogP contribution in [0.25, 0.3) is 0 Å². The lowest BCUT2D eigenvalue weighted by molar-refractivity contribution is 0.102. The molecule has 0 bridgehead atoms. The Balaban J connectivity index is 1.84. The van der Waals surface area contributed by atoms with Gasteiger partial charge in [0.25, 0.3) is 0 Å². The smallest absolute Gasteiger partial charge is 0.148 e. The van der Waals surface area contributed by atoms with Crippen LogP contribution < -0.4 is 16.2 Å². The van der Waals surface area contributed by atoms with Crippen molar-refractivity contribution in [1.29, 1.82) is 0 Å². The molecule has 0 aliphatic carbocycles. The molecule has 2 aliphatic rings. The summed E-state index contributed by atoms with van der Waals surface area (Å²) in [5, 5.41) is 0. The van der Waals surface area contributed by atoms with Crippen molar-refractivity contribution in [3.05, 3.63) is 11.4 Å². The van der Waals surface area contributed by atoms with Crippen LogP contribution in [-0.4, -0.2) is 47.6 Å². The molecule has 3 heterocycles. The van der Waals surface area contributed by atoms with E-state index in [1.807, 2.05) is 13.8 Å². The van der Waals surface area contributed by atoms with Gasteiger partial charge < -0.3 is 15.2 Å². The van der Waals surface area contributed by atoms with E-state index >= 15 is 0 Å². The first-order valence-corrected chi connectivity index (χ1v) is 7.87. The minimum Gasteiger partial charge on any atom is -0.356 e. The van der Waals surface area contributed by atoms with E-state index < -0.39 is 0 Å². The van der Waals surface area contributed by atoms with Crippen molar-refractivity contribution in [2.45, 2.75) is 39.2 Å². The molecule has 2 fully saturated rings. The van der Waals surface area contributed by atoms with Crippen LogP contribution in [0.5, 0.6) is 0 Å². The lowest BCUT2D eigenvalue weighted by Crippen LogP contribution is -2.53. The molecule has 2 saturated heterocycles. The van der Waals surface area contributed by atoms with E-state index in [1.54, 1.807) is 0 Å². The number of aryl methyl sites for hydroxylation is 1. The Bertz CT molecular complexity index is 517. The molecule has 21 heavy (non-hydrogen) atoms. The Labute approximate surface area is 126 Å². The monoisotopic (exact) mass is 290 g/mol. The SMILES string of the molecule is Cc1nc(NN)c(C)c(N2CCC3C(CCCN3C)C2)n1. The number of nitrogens with zero attached hydrogens (tertiary/aromatic N) is 4. The lowest BCUT2D eigenvalue weighted by atomic mass is 9.84. The van der Waals surface area contributed by atoms with Crippen molar-refractivity contribution in [2.75, 3.05) is 37.0 Å². The maximum atomic E-state index is 5.58. The number of anilines is 2. The number of nitrogens with two attached hydrogens (primary N) is 1. The van der Waals surface area contributed by atoms with Crippen LogP contribution in [0.2, 0.25) is 0 Å². The lowest BCUT2D eigenvalue weighted by Gasteiger charge is -2.46. The van der Waals surface area contributed by atoms with E-state index in [4.69, 9.17) is 5.84 Å². The Hall–Kier alpha value is -1.40. The zero-order valence-corrected chi connectivity index (χ0v) is 13.3. The number of rotatable bonds is 2. The van der Waals surface area contributed by atoms with Gasteiger partial charge in [0.2, 0.25) is 0 Å². The normalized spacial score (nSPS) is 26.6. The van der Waals surface area contributed by atoms with Crippen LogP contribution in [0.4, 0.5) is 11.6 Å². The average Bonchev–Trinajstić information content (AvgIpc) is 2.49. The number of hydrazine groups is 1. The van der Waals surface area contributed by atoms with Crippen molar-refractivity contribution < 1.29 is 0 Å². The minimum atomic E-state index is 0.736. The minimum absolute atomic E-state index is 0.736. The average molecular weight is 290 g/mol. The fraction of sp³-hybridized carbons (Fsp3) is 0.733. The van der Waals surface area contributed by atoms with Crippen molar-refractivity contribution in [3.63, 3.8) is 0 Å². The predicted octanol–water partition coefficient (Wildman–Crippen LogP) is 1.30. The molecule has 6 heteroatoms. The molecule has 1 aromatic rings. The van der Waals surface area contributed by atoms with Crippen LogP contribution >= 0.6 is 0 Å². The highest BCUT2D eigenvalue weighted by Crippen LogP contribution is 2.33. The summed E-state index contributed by atoms with van der Waals surface area (Å²) in [6.07, 6.45) is 3.86. The quantitative estimate of drug-likeness (QED) is 0.632. The van der Waals surface area contributed by atoms with E-state index in [9.17, 15) is 0 Å². The number of aromatic nitrogens is 2. The second-order valence-electron chi connectivity index (χ2n) is 6.40. The van der Waals surface area contributed by atoms with Gasteiger partial charge in [0.15, 0.2) is 0 Å². The second-order valence-corrected chi connectivity index (χ2v) is 6.40. The van der Waals surface area contributed by atoms with Gasteiger partial charge in [0, 0.05) is 24.7 Å². The molecule has 1 aromatic heterocycles. The van der Waals surface area contributed by atoms with Gasteiger partial charge >= 0.3 is 0 Å². The highest BCUT2D eigenvalue weighted by Gasteiger charge is 2.35. The van der Waals surface area contributed by atoms with Crippen LogP contribution in [0, 0.1) is 19.8 Å². The number of nitrogen functional groups attached to an aromatic ring is 1. The van der Waals surface area contributed by atoms with Crippen molar-refractivity contribution in [3.8, 4) is 0 Å². The largest absolute Gasteiger partial charge is 0.356 e. The number of hydrogen-bond acceptors (Lipinski definition) is 6. The van der Waals surface area contributed by atoms with E-state index in [0.717, 1.165) is 48.1 Å². The maximum absolute atomic E-state index is 5.58. The van der Waals surface area contributed by atoms with E-state index in [2.05, 4.69) is 32.2 Å². The van der Waals surface area contributed by atoms with E-state index in [0.29, 0.717) is 0 Å². The molecule has 0 amide bonds. The maximum Gasteiger partial charge on any atom is 0.148 e. The molecule has 2 unspecified atom stereocenters. The third kappa shape index (κ3) is 2.70. The summed E-state index contributed by atoms with van der Waals surface area (Å²) in [4.78, 5) is 14.0. The number of piperidine rings is 2. The fourth-order valence-corrected chi connectivity index (χ4v) is 3.91. The highest BCUT2D eigenvalue weighted by atomic mass is 15.3. The summed E-state index contributed by atoms with van der Waals surface area (Å²) >= 11 is 0. The molecule has 116 valence electrons. The van der Waals surface area contributed by atoms with Crippen molar-refractivity contribution >= 4 is 11.6 Å². The Kier molecular flexibility index (Phi) is 3.99. The number of fused-ring (bicyclic) bond motifs is 1. The van der Waals surface area contributed by atoms with Gasteiger partial charge in [-0.2, -0.15) is 0 Å². The first-order valence-electron chi connectivity index (χ1n) is 7.87. The fourth-order valence-electron chi connectivity index (χ4n) is 3.91. The molecule has 2 atom stereocenters. The first kappa shape index (κ1) is 14.5. The molecule has 0 saturated carbocycles. The Morgan fingerprint density at radius 1 is 1.19 bits per heavy atom. The molecule has 0 aromatic carbocycles. The zero-order valence-electron chi connectivity index (χ0n) is 13.3. The Morgan fingerprint density at radius 2 is 2.00 bits per heavy atom. The third-order valence-electron chi connectivity index (χ3n) is 5.01. The number of hydrogen-bond donors (Lipinski definition) is 2. The summed E-state index contributed by atoms with van der Waals surface area (Å²) in [6.45, 7) is 7.37. The van der Waals surface area contributed by atoms with Gasteiger partial charge in [0.05, 0.1) is 0 Å². The second kappa shape index (κ2) is 5.77. The molecule has 6 nitrogen and oxygen atoms in total. The zero-order chi connectivity index (χ0) is 15.0. The van der Waals surface area contributed by atoms with Crippen molar-refractivity contribution in [2.24, 2.45) is 11.8 Å². The molecule has 3 N–H and O–H groups in total. The molecule has 0 spiro atoms. The topological polar surface area (TPSA) is 70.3 Å². The summed E-state index contributed by atoms with van der Waals surface area (Å²) in [7, 11) is 2.27. The van der Waals surface area contributed by atoms with Gasteiger partial charge in [0.1, 0.15) is 17.5 Å². The van der Waals surface area contributed by atoms with Gasteiger partial charge in [-0.1, -0.05) is 0 Å². The predicted molar refractivity (Wildman–Crippen MR) is 85.3 cm³/mol. The summed E-state index contributed by atoms with van der Waals surface area (Å²) in [5.41, 5.74) is 3.74. The summed E-state index contributed by atoms with van der Waals surface area (Å²) < 4.78 is 0. The summed E-state index contributed by atoms with van der Waals surface area (Å²) in [6, 6.07) is 0.741. The third-order valence-corrected chi connectivity index (χ3v) is 5.01. The standard InChI is InChI=1S/C15H26N6/c1-10-14(19-16)17-11(2)18-15(10)21-8-6-13-12(9-21)5-4-7-20(13)3/h12-13H,4-9,16H2,1-3H3,(H,17,18,19). The van der Waals surface area contributed by atoms with E-state index in [-0.39, 0.29) is 0 Å². The molecular weight excluding hydrogens is 264 g/mol. The number of nitrogens with one attached hydrogen (secondary N) is 1. The van der Waals surface area contributed by atoms with E-state index in [1.165, 1.54) is 25.8 Å². The highest BCUT2D eigenvalue weighted by molar-refractivity contribution is 5.58. The Morgan fingerprint density at radius 3 is 2.76 bits per heavy atom. The van der Waals surface area contributed by atoms with Gasteiger partial charge in [-0.15, -0.1) is 0 Å². The van der Waals surface area contributed by atoms with Crippen LogP contribution in [0.1, 0.15) is 30.7 Å². The molecule has 0 radical (unpaired) electrons. The van der Waals surface area contributed by atoms with Gasteiger partial charge in [-0.05, 0) is 52.6 Å². The van der Waals surface area contributed by atoms with Crippen LogP contribution in [0.15, 0.2) is 0 Å². The first-order chi connectivity index (χ1) is 10.1. The molecule has 3 rings (SSSR count). The van der Waals surface area contributed by atoms with Crippen LogP contribution in [0.3, 0.4) is 0 Å². The van der Waals surface area contributed by atoms with Gasteiger partial charge in [-0.25, -0.2) is 15.8 Å². The molecule has 2 aliphatic heterocycles. The number of likely N-dealkylation sites (tertiary alicyclic amines) is 1. The van der Waals surface area contributed by atoms with Crippen molar-refractivity contribution in [1.82, 2.24) is 14.9 Å².